The molecule has 4 fully saturated rings. The van der Waals surface area contributed by atoms with Crippen molar-refractivity contribution in [1.29, 1.82) is 0 Å². The number of carbonyl (C=O) groups excluding carboxylic acids is 4. The molecule has 0 bridgehead atoms. The van der Waals surface area contributed by atoms with Crippen LogP contribution in [0.1, 0.15) is 54.9 Å². The first kappa shape index (κ1) is 59.2. The molecule has 3 aliphatic heterocycles. The molecular weight excluding hydrogens is 997 g/mol. The molecule has 0 radical (unpaired) electrons. The van der Waals surface area contributed by atoms with E-state index in [9.17, 15) is 57.0 Å². The third kappa shape index (κ3) is 15.1. The van der Waals surface area contributed by atoms with Crippen molar-refractivity contribution in [3.05, 3.63) is 62.7 Å². The van der Waals surface area contributed by atoms with Crippen molar-refractivity contribution in [2.45, 2.75) is 189 Å². The van der Waals surface area contributed by atoms with Crippen LogP contribution in [-0.4, -0.2) is 178 Å². The Labute approximate surface area is 415 Å². The highest BCUT2D eigenvalue weighted by atomic mass is 28.4. The first-order valence-corrected chi connectivity index (χ1v) is 25.2. The molecule has 73 heavy (non-hydrogen) atoms. The second-order valence-electron chi connectivity index (χ2n) is 18.3. The lowest BCUT2D eigenvalue weighted by Crippen LogP contribution is -2.64. The molecule has 3 saturated heterocycles. The van der Waals surface area contributed by atoms with E-state index < -0.39 is 173 Å². The number of carbonyl (C=O) groups is 4. The molecule has 2 N–H and O–H groups in total. The Morgan fingerprint density at radius 2 is 0.973 bits per heavy atom. The number of hydrogen-bond donors (Lipinski definition) is 2. The van der Waals surface area contributed by atoms with Gasteiger partial charge in [0.25, 0.3) is 0 Å². The Morgan fingerprint density at radius 1 is 0.534 bits per heavy atom. The van der Waals surface area contributed by atoms with Gasteiger partial charge in [-0.1, -0.05) is 51.5 Å². The van der Waals surface area contributed by atoms with Crippen molar-refractivity contribution in [1.82, 2.24) is 0 Å². The molecule has 11 unspecified atom stereocenters. The number of azide groups is 6. The van der Waals surface area contributed by atoms with E-state index in [0.717, 1.165) is 27.7 Å². The Balaban J connectivity index is 1.96. The van der Waals surface area contributed by atoms with Crippen molar-refractivity contribution >= 4 is 32.2 Å². The molecule has 1 saturated carbocycles. The monoisotopic (exact) mass is 1050 g/mol. The predicted molar refractivity (Wildman–Crippen MR) is 242 cm³/mol. The van der Waals surface area contributed by atoms with Crippen molar-refractivity contribution in [2.75, 3.05) is 19.7 Å². The quantitative estimate of drug-likeness (QED) is 0.0398. The highest BCUT2D eigenvalue weighted by Gasteiger charge is 2.59. The Kier molecular flexibility index (Phi) is 21.5. The van der Waals surface area contributed by atoms with Gasteiger partial charge in [0.15, 0.2) is 45.5 Å². The summed E-state index contributed by atoms with van der Waals surface area (Å²) in [5.74, 6) is -3.79. The van der Waals surface area contributed by atoms with Crippen molar-refractivity contribution in [3.63, 3.8) is 0 Å². The summed E-state index contributed by atoms with van der Waals surface area (Å²) >= 11 is 0. The van der Waals surface area contributed by atoms with Crippen LogP contribution in [0.4, 0.5) is 0 Å². The van der Waals surface area contributed by atoms with Gasteiger partial charge in [0, 0.05) is 57.2 Å². The number of rotatable bonds is 21. The molecular formula is C37H56N18O17Si. The van der Waals surface area contributed by atoms with Crippen LogP contribution in [0.15, 0.2) is 30.7 Å². The molecule has 0 amide bonds. The minimum Gasteiger partial charge on any atom is -0.459 e. The zero-order valence-corrected chi connectivity index (χ0v) is 41.9. The molecule has 4 rings (SSSR count). The number of esters is 4. The number of hydrogen-bond acceptors (Lipinski definition) is 23. The average Bonchev–Trinajstić information content (AvgIpc) is 3.61. The van der Waals surface area contributed by atoms with Crippen LogP contribution in [0.3, 0.4) is 0 Å². The van der Waals surface area contributed by atoms with E-state index >= 15 is 0 Å². The van der Waals surface area contributed by atoms with E-state index in [1.54, 1.807) is 0 Å². The maximum Gasteiger partial charge on any atom is 0.303 e. The average molecular weight is 1050 g/mol. The van der Waals surface area contributed by atoms with Crippen LogP contribution in [-0.2, 0) is 71.0 Å². The first-order valence-electron chi connectivity index (χ1n) is 22.3. The summed E-state index contributed by atoms with van der Waals surface area (Å²) in [4.78, 5) is 67.7. The van der Waals surface area contributed by atoms with E-state index in [2.05, 4.69) is 60.2 Å². The van der Waals surface area contributed by atoms with Crippen molar-refractivity contribution in [3.8, 4) is 0 Å². The third-order valence-corrected chi connectivity index (χ3v) is 16.9. The fraction of sp³-hybridized carbons (Fsp3) is 0.892. The second kappa shape index (κ2) is 26.5. The zero-order valence-electron chi connectivity index (χ0n) is 40.9. The molecule has 400 valence electrons. The fourth-order valence-electron chi connectivity index (χ4n) is 8.14. The second-order valence-corrected chi connectivity index (χ2v) is 23.1. The highest BCUT2D eigenvalue weighted by Crippen LogP contribution is 2.42. The number of ether oxygens (including phenoxy) is 10. The summed E-state index contributed by atoms with van der Waals surface area (Å²) in [5, 5.41) is 43.4. The Hall–Kier alpha value is -6.40. The van der Waals surface area contributed by atoms with Gasteiger partial charge in [0.2, 0.25) is 0 Å². The van der Waals surface area contributed by atoms with Crippen LogP contribution in [0.25, 0.3) is 62.7 Å². The van der Waals surface area contributed by atoms with Crippen LogP contribution >= 0.6 is 0 Å². The Morgan fingerprint density at radius 3 is 1.51 bits per heavy atom. The normalized spacial score (nSPS) is 35.0. The molecule has 4 aliphatic rings. The van der Waals surface area contributed by atoms with Gasteiger partial charge < -0.3 is 62.0 Å². The van der Waals surface area contributed by atoms with Gasteiger partial charge in [-0.15, -0.1) is 0 Å². The lowest BCUT2D eigenvalue weighted by Gasteiger charge is -2.47. The largest absolute Gasteiger partial charge is 0.459 e. The molecule has 1 aliphatic carbocycles. The van der Waals surface area contributed by atoms with Gasteiger partial charge in [-0.3, -0.25) is 19.2 Å². The standard InChI is InChI=1S/C37H56N18O17Si/c1-14(56)63-27-18(46-52-40)10-19(47-53-41)28(70-34-23(48-54-42)26(61)25(60)20(67-34)11-44-50-38)32(27)72-36-33(66-17(4)59)30(22(69-36)13-62-73(8,9)37(5,6)7)71-35-24(49-55-43)31(65-16(3)58)29(64-15(2)57)21(68-35)12-45-51-39/h18-36,60-61H,10-13H2,1-9H3/t18-,19?,20?,21?,22-,23?,24?,25-,26?,27?,28-,29-,30?,31?,32?,33?,34-,35-,36+/m1/s1. The van der Waals surface area contributed by atoms with Gasteiger partial charge in [-0.05, 0) is 57.7 Å². The van der Waals surface area contributed by atoms with Crippen LogP contribution in [0.2, 0.25) is 18.1 Å². The van der Waals surface area contributed by atoms with Crippen LogP contribution < -0.4 is 0 Å². The lowest BCUT2D eigenvalue weighted by molar-refractivity contribution is -0.307. The fourth-order valence-corrected chi connectivity index (χ4v) is 9.15. The van der Waals surface area contributed by atoms with E-state index in [4.69, 9.17) is 57.3 Å². The van der Waals surface area contributed by atoms with E-state index in [1.807, 2.05) is 33.9 Å². The van der Waals surface area contributed by atoms with Crippen molar-refractivity contribution < 1.29 is 81.2 Å². The number of aliphatic hydroxyl groups is 2. The van der Waals surface area contributed by atoms with Gasteiger partial charge in [0.1, 0.15) is 48.7 Å². The van der Waals surface area contributed by atoms with Crippen molar-refractivity contribution in [2.24, 2.45) is 30.7 Å². The summed E-state index contributed by atoms with van der Waals surface area (Å²) < 4.78 is 67.1. The van der Waals surface area contributed by atoms with Gasteiger partial charge >= 0.3 is 23.9 Å². The molecule has 19 atom stereocenters. The number of nitrogens with zero attached hydrogens (tertiary/aromatic N) is 18. The smallest absolute Gasteiger partial charge is 0.303 e. The molecule has 0 aromatic carbocycles. The van der Waals surface area contributed by atoms with E-state index in [0.29, 0.717) is 0 Å². The maximum atomic E-state index is 13.2. The van der Waals surface area contributed by atoms with Crippen LogP contribution in [0.5, 0.6) is 0 Å². The SMILES string of the molecule is CC(=O)OC1C(O[C@H]2OC(CN=[N+]=[N-])[C@@H](OC(C)=O)C(OC(C)=O)C2N=[N+]=[N-])[C@@H](CO[Si](C)(C)C(C)(C)C)O[C@H]1OC1C(OC(C)=O)[C@H](N=[N+]=[N-])CC(N=[N+]=[N-])[C@H]1O[C@H]1OC(CN=[N+]=[N-])[C@@H](O)C(O)C1N=[N+]=[N-]. The molecule has 0 aromatic heterocycles. The topological polar surface area (TPSA) is 503 Å². The van der Waals surface area contributed by atoms with Gasteiger partial charge in [0.05, 0.1) is 50.1 Å². The van der Waals surface area contributed by atoms with Gasteiger partial charge in [-0.2, -0.15) is 0 Å². The Bertz CT molecular complexity index is 2300. The highest BCUT2D eigenvalue weighted by molar-refractivity contribution is 6.74. The van der Waals surface area contributed by atoms with E-state index in [-0.39, 0.29) is 6.61 Å². The lowest BCUT2D eigenvalue weighted by atomic mass is 9.83. The third-order valence-electron chi connectivity index (χ3n) is 12.4. The summed E-state index contributed by atoms with van der Waals surface area (Å²) in [6.07, 6.45) is -26.1. The summed E-state index contributed by atoms with van der Waals surface area (Å²) in [7, 11) is -2.74. The molecule has 0 spiro atoms. The summed E-state index contributed by atoms with van der Waals surface area (Å²) in [6.45, 7) is 12.2. The minimum absolute atomic E-state index is 0.361. The summed E-state index contributed by atoms with van der Waals surface area (Å²) in [5.41, 5.74) is 57.1. The zero-order chi connectivity index (χ0) is 54.4. The number of aliphatic hydroxyl groups excluding tert-OH is 2. The molecule has 0 aromatic rings. The molecule has 35 nitrogen and oxygen atoms in total. The first-order chi connectivity index (χ1) is 34.5. The maximum absolute atomic E-state index is 13.2. The summed E-state index contributed by atoms with van der Waals surface area (Å²) in [6, 6.07) is -6.40. The molecule has 3 heterocycles. The van der Waals surface area contributed by atoms with Crippen LogP contribution in [0, 0.1) is 0 Å². The van der Waals surface area contributed by atoms with Gasteiger partial charge in [-0.25, -0.2) is 0 Å². The predicted octanol–water partition coefficient (Wildman–Crippen LogP) is 4.53. The minimum atomic E-state index is -2.74. The molecule has 36 heteroatoms. The van der Waals surface area contributed by atoms with E-state index in [1.165, 1.54) is 0 Å².